The molecule has 1 saturated heterocycles. The zero-order valence-corrected chi connectivity index (χ0v) is 19.4. The molecule has 0 spiro atoms. The summed E-state index contributed by atoms with van der Waals surface area (Å²) in [5, 5.41) is 0. The van der Waals surface area contributed by atoms with Crippen LogP contribution in [0.3, 0.4) is 0 Å². The molecular weight excluding hydrogens is 406 g/mol. The van der Waals surface area contributed by atoms with Gasteiger partial charge in [0.1, 0.15) is 0 Å². The van der Waals surface area contributed by atoms with E-state index in [9.17, 15) is 4.79 Å². The molecule has 172 valence electrons. The van der Waals surface area contributed by atoms with E-state index in [2.05, 4.69) is 76.6 Å². The van der Waals surface area contributed by atoms with Crippen LogP contribution in [0.2, 0.25) is 0 Å². The van der Waals surface area contributed by atoms with Crippen LogP contribution in [0.5, 0.6) is 0 Å². The summed E-state index contributed by atoms with van der Waals surface area (Å²) in [5.74, 6) is 0.359. The van der Waals surface area contributed by atoms with Gasteiger partial charge in [-0.3, -0.25) is 14.7 Å². The zero-order valence-electron chi connectivity index (χ0n) is 19.4. The van der Waals surface area contributed by atoms with Gasteiger partial charge in [-0.1, -0.05) is 85.7 Å². The SMILES string of the molecule is NC(=O)C=CC1(CCCC2CCN(C(c3ccccc3)c3ccccc3)CC2)C=CC=NC1. The Labute approximate surface area is 197 Å². The molecule has 0 radical (unpaired) electrons. The minimum Gasteiger partial charge on any atom is -0.366 e. The van der Waals surface area contributed by atoms with Gasteiger partial charge >= 0.3 is 0 Å². The van der Waals surface area contributed by atoms with E-state index in [0.717, 1.165) is 31.8 Å². The Morgan fingerprint density at radius 3 is 2.24 bits per heavy atom. The van der Waals surface area contributed by atoms with Gasteiger partial charge in [0, 0.05) is 11.6 Å². The topological polar surface area (TPSA) is 58.7 Å². The van der Waals surface area contributed by atoms with Crippen LogP contribution < -0.4 is 5.73 Å². The standard InChI is InChI=1S/C29H35N3O/c30-27(33)14-19-29(18-8-20-31-23-29)17-7-9-24-15-21-32(22-16-24)28(25-10-3-1-4-11-25)26-12-5-2-6-13-26/h1-6,8,10-14,18-20,24,28H,7,9,15-17,21-23H2,(H2,30,33). The molecule has 1 fully saturated rings. The number of hydrogen-bond donors (Lipinski definition) is 1. The first kappa shape index (κ1) is 23.2. The van der Waals surface area contributed by atoms with Crippen LogP contribution in [-0.4, -0.2) is 36.7 Å². The Hall–Kier alpha value is -2.98. The predicted octanol–water partition coefficient (Wildman–Crippen LogP) is 5.33. The lowest BCUT2D eigenvalue weighted by molar-refractivity contribution is -0.113. The highest BCUT2D eigenvalue weighted by Gasteiger charge is 2.29. The van der Waals surface area contributed by atoms with Crippen LogP contribution in [0.1, 0.15) is 49.3 Å². The molecule has 0 saturated carbocycles. The van der Waals surface area contributed by atoms with E-state index in [1.807, 2.05) is 18.4 Å². The van der Waals surface area contributed by atoms with E-state index in [0.29, 0.717) is 12.6 Å². The zero-order chi connectivity index (χ0) is 22.9. The first-order chi connectivity index (χ1) is 16.2. The van der Waals surface area contributed by atoms with Crippen molar-refractivity contribution < 1.29 is 4.79 Å². The summed E-state index contributed by atoms with van der Waals surface area (Å²) in [7, 11) is 0. The highest BCUT2D eigenvalue weighted by Crippen LogP contribution is 2.36. The van der Waals surface area contributed by atoms with Crippen LogP contribution in [0, 0.1) is 11.3 Å². The number of dihydropyridines is 1. The first-order valence-electron chi connectivity index (χ1n) is 12.2. The van der Waals surface area contributed by atoms with Crippen molar-refractivity contribution in [2.75, 3.05) is 19.6 Å². The van der Waals surface area contributed by atoms with Gasteiger partial charge in [-0.2, -0.15) is 0 Å². The number of amides is 1. The Balaban J connectivity index is 1.34. The Kier molecular flexibility index (Phi) is 7.90. The highest BCUT2D eigenvalue weighted by molar-refractivity contribution is 5.86. The number of carbonyl (C=O) groups is 1. The molecule has 2 aliphatic rings. The molecule has 1 unspecified atom stereocenters. The second-order valence-electron chi connectivity index (χ2n) is 9.41. The fourth-order valence-corrected chi connectivity index (χ4v) is 5.28. The lowest BCUT2D eigenvalue weighted by Crippen LogP contribution is -2.37. The van der Waals surface area contributed by atoms with Gasteiger partial charge < -0.3 is 5.73 Å². The third kappa shape index (κ3) is 6.29. The molecule has 2 aliphatic heterocycles. The number of carbonyl (C=O) groups excluding carboxylic acids is 1. The molecule has 2 N–H and O–H groups in total. The van der Waals surface area contributed by atoms with Gasteiger partial charge in [-0.25, -0.2) is 0 Å². The molecule has 4 rings (SSSR count). The number of nitrogens with two attached hydrogens (primary N) is 1. The summed E-state index contributed by atoms with van der Waals surface area (Å²) < 4.78 is 0. The van der Waals surface area contributed by atoms with Crippen molar-refractivity contribution in [3.63, 3.8) is 0 Å². The molecule has 0 aliphatic carbocycles. The van der Waals surface area contributed by atoms with Crippen LogP contribution in [0.4, 0.5) is 0 Å². The van der Waals surface area contributed by atoms with Crippen LogP contribution in [0.25, 0.3) is 0 Å². The minimum atomic E-state index is -0.393. The Morgan fingerprint density at radius 2 is 1.70 bits per heavy atom. The molecule has 2 aromatic carbocycles. The number of primary amides is 1. The molecule has 33 heavy (non-hydrogen) atoms. The van der Waals surface area contributed by atoms with Crippen molar-refractivity contribution in [3.05, 3.63) is 96.1 Å². The van der Waals surface area contributed by atoms with Crippen LogP contribution in [-0.2, 0) is 4.79 Å². The third-order valence-electron chi connectivity index (χ3n) is 7.08. The second-order valence-corrected chi connectivity index (χ2v) is 9.41. The molecule has 1 atom stereocenters. The van der Waals surface area contributed by atoms with E-state index in [1.165, 1.54) is 36.5 Å². The average Bonchev–Trinajstić information content (AvgIpc) is 2.86. The second kappa shape index (κ2) is 11.2. The van der Waals surface area contributed by atoms with Gasteiger partial charge in [0.2, 0.25) is 5.91 Å². The van der Waals surface area contributed by atoms with E-state index < -0.39 is 5.91 Å². The molecule has 0 aromatic heterocycles. The fraction of sp³-hybridized carbons (Fsp3) is 0.379. The first-order valence-corrected chi connectivity index (χ1v) is 12.2. The lowest BCUT2D eigenvalue weighted by atomic mass is 9.79. The lowest BCUT2D eigenvalue weighted by Gasteiger charge is -2.38. The fourth-order valence-electron chi connectivity index (χ4n) is 5.28. The quantitative estimate of drug-likeness (QED) is 0.535. The number of aliphatic imine (C=N–C) groups is 1. The van der Waals surface area contributed by atoms with Gasteiger partial charge in [0.05, 0.1) is 12.6 Å². The van der Waals surface area contributed by atoms with Crippen molar-refractivity contribution in [3.8, 4) is 0 Å². The van der Waals surface area contributed by atoms with Crippen molar-refractivity contribution >= 4 is 12.1 Å². The van der Waals surface area contributed by atoms with E-state index >= 15 is 0 Å². The van der Waals surface area contributed by atoms with E-state index in [4.69, 9.17) is 5.73 Å². The summed E-state index contributed by atoms with van der Waals surface area (Å²) >= 11 is 0. The van der Waals surface area contributed by atoms with Gasteiger partial charge in [0.25, 0.3) is 0 Å². The van der Waals surface area contributed by atoms with Crippen LogP contribution in [0.15, 0.2) is 90.0 Å². The van der Waals surface area contributed by atoms with Gasteiger partial charge in [0.15, 0.2) is 0 Å². The number of hydrogen-bond acceptors (Lipinski definition) is 3. The maximum Gasteiger partial charge on any atom is 0.241 e. The summed E-state index contributed by atoms with van der Waals surface area (Å²) in [6.07, 6.45) is 15.3. The van der Waals surface area contributed by atoms with E-state index in [1.54, 1.807) is 0 Å². The summed E-state index contributed by atoms with van der Waals surface area (Å²) in [4.78, 5) is 18.4. The number of allylic oxidation sites excluding steroid dienone is 1. The normalized spacial score (nSPS) is 21.7. The summed E-state index contributed by atoms with van der Waals surface area (Å²) in [6.45, 7) is 2.94. The molecular formula is C29H35N3O. The van der Waals surface area contributed by atoms with Crippen molar-refractivity contribution in [2.24, 2.45) is 22.1 Å². The molecule has 0 bridgehead atoms. The molecule has 2 aromatic rings. The number of likely N-dealkylation sites (tertiary alicyclic amines) is 1. The van der Waals surface area contributed by atoms with Gasteiger partial charge in [-0.15, -0.1) is 0 Å². The highest BCUT2D eigenvalue weighted by atomic mass is 16.1. The smallest absolute Gasteiger partial charge is 0.241 e. The largest absolute Gasteiger partial charge is 0.366 e. The number of benzene rings is 2. The van der Waals surface area contributed by atoms with Gasteiger partial charge in [-0.05, 0) is 61.5 Å². The molecule has 4 nitrogen and oxygen atoms in total. The van der Waals surface area contributed by atoms with Crippen molar-refractivity contribution in [2.45, 2.75) is 38.1 Å². The predicted molar refractivity (Wildman–Crippen MR) is 136 cm³/mol. The Morgan fingerprint density at radius 1 is 1.06 bits per heavy atom. The van der Waals surface area contributed by atoms with E-state index in [-0.39, 0.29) is 5.41 Å². The maximum atomic E-state index is 11.3. The number of rotatable bonds is 9. The van der Waals surface area contributed by atoms with Crippen molar-refractivity contribution in [1.29, 1.82) is 0 Å². The number of piperidine rings is 1. The summed E-state index contributed by atoms with van der Waals surface area (Å²) in [5.41, 5.74) is 7.91. The minimum absolute atomic E-state index is 0.170. The van der Waals surface area contributed by atoms with Crippen LogP contribution >= 0.6 is 0 Å². The third-order valence-corrected chi connectivity index (χ3v) is 7.08. The molecule has 1 amide bonds. The van der Waals surface area contributed by atoms with Crippen molar-refractivity contribution in [1.82, 2.24) is 4.90 Å². The summed E-state index contributed by atoms with van der Waals surface area (Å²) in [6, 6.07) is 22.1. The molecule has 4 heteroatoms. The number of nitrogens with zero attached hydrogens (tertiary/aromatic N) is 2. The Bertz CT molecular complexity index is 935. The monoisotopic (exact) mass is 441 g/mol. The average molecular weight is 442 g/mol. The maximum absolute atomic E-state index is 11.3. The molecule has 2 heterocycles.